The number of nitrogens with zero attached hydrogens (tertiary/aromatic N) is 1. The Bertz CT molecular complexity index is 386. The molecule has 0 aromatic heterocycles. The number of rotatable bonds is 7. The van der Waals surface area contributed by atoms with Crippen molar-refractivity contribution in [2.45, 2.75) is 39.2 Å². The molecule has 0 aliphatic carbocycles. The minimum Gasteiger partial charge on any atom is -0.343 e. The zero-order valence-electron chi connectivity index (χ0n) is 12.6. The number of carbonyl (C=O) groups is 1. The topological polar surface area (TPSA) is 32.3 Å². The number of benzene rings is 1. The highest BCUT2D eigenvalue weighted by atomic mass is 16.2. The maximum Gasteiger partial charge on any atom is 0.222 e. The van der Waals surface area contributed by atoms with Crippen LogP contribution in [0.3, 0.4) is 0 Å². The summed E-state index contributed by atoms with van der Waals surface area (Å²) in [6.07, 6.45) is 2.43. The van der Waals surface area contributed by atoms with Crippen LogP contribution in [-0.4, -0.2) is 37.5 Å². The van der Waals surface area contributed by atoms with E-state index in [4.69, 9.17) is 0 Å². The third kappa shape index (κ3) is 5.43. The molecule has 1 aromatic carbocycles. The summed E-state index contributed by atoms with van der Waals surface area (Å²) in [6, 6.07) is 8.77. The van der Waals surface area contributed by atoms with E-state index in [9.17, 15) is 4.79 Å². The Labute approximate surface area is 117 Å². The third-order valence-electron chi connectivity index (χ3n) is 3.52. The van der Waals surface area contributed by atoms with Gasteiger partial charge in [0.05, 0.1) is 0 Å². The van der Waals surface area contributed by atoms with Crippen LogP contribution in [0.2, 0.25) is 0 Å². The molecule has 1 N–H and O–H groups in total. The number of hydrogen-bond donors (Lipinski definition) is 1. The molecule has 0 aliphatic rings. The molecule has 1 atom stereocenters. The standard InChI is InChI=1S/C16H26N2O/c1-13-7-9-15(10-8-13)12-14(2)18(4)16(19)6-5-11-17-3/h7-10,14,17H,5-6,11-12H2,1-4H3. The molecule has 3 heteroatoms. The quantitative estimate of drug-likeness (QED) is 0.765. The summed E-state index contributed by atoms with van der Waals surface area (Å²) in [4.78, 5) is 13.9. The lowest BCUT2D eigenvalue weighted by atomic mass is 10.0. The van der Waals surface area contributed by atoms with E-state index in [1.54, 1.807) is 0 Å². The van der Waals surface area contributed by atoms with Crippen LogP contribution in [0.15, 0.2) is 24.3 Å². The van der Waals surface area contributed by atoms with Gasteiger partial charge in [-0.15, -0.1) is 0 Å². The Kier molecular flexibility index (Phi) is 6.57. The maximum atomic E-state index is 12.0. The minimum atomic E-state index is 0.231. The molecule has 1 rings (SSSR count). The monoisotopic (exact) mass is 262 g/mol. The van der Waals surface area contributed by atoms with Crippen LogP contribution in [0, 0.1) is 6.92 Å². The average Bonchev–Trinajstić information content (AvgIpc) is 2.40. The highest BCUT2D eigenvalue weighted by Gasteiger charge is 2.15. The van der Waals surface area contributed by atoms with Crippen molar-refractivity contribution < 1.29 is 4.79 Å². The predicted molar refractivity (Wildman–Crippen MR) is 80.3 cm³/mol. The molecule has 0 radical (unpaired) electrons. The molecule has 3 nitrogen and oxygen atoms in total. The van der Waals surface area contributed by atoms with Gasteiger partial charge >= 0.3 is 0 Å². The van der Waals surface area contributed by atoms with Crippen molar-refractivity contribution in [3.8, 4) is 0 Å². The second kappa shape index (κ2) is 7.95. The number of nitrogens with one attached hydrogen (secondary N) is 1. The van der Waals surface area contributed by atoms with Crippen molar-refractivity contribution >= 4 is 5.91 Å². The van der Waals surface area contributed by atoms with Crippen LogP contribution < -0.4 is 5.32 Å². The molecule has 106 valence electrons. The van der Waals surface area contributed by atoms with Gasteiger partial charge in [0.15, 0.2) is 0 Å². The molecule has 0 aliphatic heterocycles. The fourth-order valence-electron chi connectivity index (χ4n) is 2.04. The lowest BCUT2D eigenvalue weighted by Gasteiger charge is -2.25. The summed E-state index contributed by atoms with van der Waals surface area (Å²) >= 11 is 0. The van der Waals surface area contributed by atoms with Gasteiger partial charge in [0.25, 0.3) is 0 Å². The van der Waals surface area contributed by atoms with Crippen molar-refractivity contribution in [3.63, 3.8) is 0 Å². The molecule has 0 saturated carbocycles. The van der Waals surface area contributed by atoms with Gasteiger partial charge in [0, 0.05) is 19.5 Å². The fourth-order valence-corrected chi connectivity index (χ4v) is 2.04. The van der Waals surface area contributed by atoms with E-state index in [2.05, 4.69) is 43.4 Å². The number of aryl methyl sites for hydroxylation is 1. The van der Waals surface area contributed by atoms with Crippen molar-refractivity contribution in [1.29, 1.82) is 0 Å². The molecular weight excluding hydrogens is 236 g/mol. The van der Waals surface area contributed by atoms with E-state index in [-0.39, 0.29) is 11.9 Å². The smallest absolute Gasteiger partial charge is 0.222 e. The predicted octanol–water partition coefficient (Wildman–Crippen LogP) is 2.38. The van der Waals surface area contributed by atoms with Gasteiger partial charge in [-0.3, -0.25) is 4.79 Å². The number of likely N-dealkylation sites (N-methyl/N-ethyl adjacent to an activating group) is 1. The van der Waals surface area contributed by atoms with Crippen LogP contribution in [0.25, 0.3) is 0 Å². The number of amides is 1. The van der Waals surface area contributed by atoms with E-state index in [1.165, 1.54) is 11.1 Å². The first-order chi connectivity index (χ1) is 9.04. The summed E-state index contributed by atoms with van der Waals surface area (Å²) in [6.45, 7) is 5.09. The highest BCUT2D eigenvalue weighted by Crippen LogP contribution is 2.10. The van der Waals surface area contributed by atoms with Gasteiger partial charge in [-0.2, -0.15) is 0 Å². The van der Waals surface area contributed by atoms with Gasteiger partial charge in [0.1, 0.15) is 0 Å². The highest BCUT2D eigenvalue weighted by molar-refractivity contribution is 5.76. The van der Waals surface area contributed by atoms with Crippen molar-refractivity contribution in [2.75, 3.05) is 20.6 Å². The first kappa shape index (κ1) is 15.7. The van der Waals surface area contributed by atoms with E-state index in [0.717, 1.165) is 19.4 Å². The zero-order valence-corrected chi connectivity index (χ0v) is 12.6. The summed E-state index contributed by atoms with van der Waals surface area (Å²) in [7, 11) is 3.81. The van der Waals surface area contributed by atoms with Gasteiger partial charge in [-0.05, 0) is 45.8 Å². The van der Waals surface area contributed by atoms with Crippen LogP contribution in [0.4, 0.5) is 0 Å². The lowest BCUT2D eigenvalue weighted by molar-refractivity contribution is -0.131. The molecule has 0 heterocycles. The molecular formula is C16H26N2O. The van der Waals surface area contributed by atoms with Crippen molar-refractivity contribution in [2.24, 2.45) is 0 Å². The molecule has 0 spiro atoms. The molecule has 1 amide bonds. The van der Waals surface area contributed by atoms with Crippen LogP contribution >= 0.6 is 0 Å². The third-order valence-corrected chi connectivity index (χ3v) is 3.52. The Balaban J connectivity index is 2.45. The molecule has 1 aromatic rings. The van der Waals surface area contributed by atoms with Crippen LogP contribution in [-0.2, 0) is 11.2 Å². The van der Waals surface area contributed by atoms with Gasteiger partial charge < -0.3 is 10.2 Å². The number of hydrogen-bond acceptors (Lipinski definition) is 2. The molecule has 19 heavy (non-hydrogen) atoms. The van der Waals surface area contributed by atoms with E-state index in [0.29, 0.717) is 6.42 Å². The van der Waals surface area contributed by atoms with E-state index >= 15 is 0 Å². The largest absolute Gasteiger partial charge is 0.343 e. The number of carbonyl (C=O) groups excluding carboxylic acids is 1. The molecule has 0 bridgehead atoms. The second-order valence-electron chi connectivity index (χ2n) is 5.25. The Morgan fingerprint density at radius 2 is 1.95 bits per heavy atom. The van der Waals surface area contributed by atoms with Crippen molar-refractivity contribution in [1.82, 2.24) is 10.2 Å². The SMILES string of the molecule is CNCCCC(=O)N(C)C(C)Cc1ccc(C)cc1. The van der Waals surface area contributed by atoms with Crippen LogP contribution in [0.1, 0.15) is 30.9 Å². The van der Waals surface area contributed by atoms with Gasteiger partial charge in [-0.1, -0.05) is 29.8 Å². The fraction of sp³-hybridized carbons (Fsp3) is 0.562. The lowest BCUT2D eigenvalue weighted by Crippen LogP contribution is -2.36. The van der Waals surface area contributed by atoms with E-state index < -0.39 is 0 Å². The van der Waals surface area contributed by atoms with Crippen LogP contribution in [0.5, 0.6) is 0 Å². The molecule has 0 fully saturated rings. The maximum absolute atomic E-state index is 12.0. The van der Waals surface area contributed by atoms with Gasteiger partial charge in [-0.25, -0.2) is 0 Å². The summed E-state index contributed by atoms with van der Waals surface area (Å²) in [5.41, 5.74) is 2.56. The van der Waals surface area contributed by atoms with Crippen molar-refractivity contribution in [3.05, 3.63) is 35.4 Å². The summed E-state index contributed by atoms with van der Waals surface area (Å²) < 4.78 is 0. The first-order valence-electron chi connectivity index (χ1n) is 7.00. The van der Waals surface area contributed by atoms with Gasteiger partial charge in [0.2, 0.25) is 5.91 Å². The Morgan fingerprint density at radius 3 is 2.53 bits per heavy atom. The average molecular weight is 262 g/mol. The summed E-state index contributed by atoms with van der Waals surface area (Å²) in [5, 5.41) is 3.07. The zero-order chi connectivity index (χ0) is 14.3. The minimum absolute atomic E-state index is 0.231. The first-order valence-corrected chi connectivity index (χ1v) is 7.00. The molecule has 0 saturated heterocycles. The second-order valence-corrected chi connectivity index (χ2v) is 5.25. The summed E-state index contributed by atoms with van der Waals surface area (Å²) in [5.74, 6) is 0.231. The normalized spacial score (nSPS) is 12.2. The Morgan fingerprint density at radius 1 is 1.32 bits per heavy atom. The molecule has 1 unspecified atom stereocenters. The van der Waals surface area contributed by atoms with E-state index in [1.807, 2.05) is 19.0 Å². The Hall–Kier alpha value is -1.35.